The van der Waals surface area contributed by atoms with Crippen molar-refractivity contribution in [3.05, 3.63) is 71.3 Å². The minimum Gasteiger partial charge on any atom is -0.326 e. The highest BCUT2D eigenvalue weighted by Gasteiger charge is 2.15. The number of hydrogen-bond acceptors (Lipinski definition) is 2. The first kappa shape index (κ1) is 11.6. The van der Waals surface area contributed by atoms with Gasteiger partial charge < -0.3 is 10.5 Å². The molecule has 1 atom stereocenters. The number of hydrogen-bond donors (Lipinski definition) is 1. The molecule has 2 aromatic carbocycles. The van der Waals surface area contributed by atoms with Gasteiger partial charge in [-0.25, -0.2) is 0 Å². The van der Waals surface area contributed by atoms with Crippen molar-refractivity contribution < 1.29 is 4.79 Å². The van der Waals surface area contributed by atoms with Crippen LogP contribution in [0.25, 0.3) is 0 Å². The Morgan fingerprint density at radius 2 is 1.65 bits per heavy atom. The van der Waals surface area contributed by atoms with Crippen LogP contribution in [0.15, 0.2) is 54.6 Å². The van der Waals surface area contributed by atoms with Gasteiger partial charge in [-0.1, -0.05) is 54.6 Å². The average molecular weight is 225 g/mol. The van der Waals surface area contributed by atoms with Gasteiger partial charge in [-0.15, -0.1) is 0 Å². The molecule has 0 spiro atoms. The maximum Gasteiger partial charge on any atom is 0.131 e. The SMILES string of the molecule is NCc1ccccc1C(C=O)c1ccccc1. The standard InChI is InChI=1S/C15H15NO/c16-10-13-8-4-5-9-14(13)15(11-17)12-6-2-1-3-7-12/h1-9,11,15H,10,16H2. The topological polar surface area (TPSA) is 43.1 Å². The van der Waals surface area contributed by atoms with E-state index in [-0.39, 0.29) is 5.92 Å². The maximum atomic E-state index is 11.3. The normalized spacial score (nSPS) is 12.1. The Balaban J connectivity index is 2.46. The molecule has 0 fully saturated rings. The van der Waals surface area contributed by atoms with Gasteiger partial charge in [0.1, 0.15) is 6.29 Å². The highest BCUT2D eigenvalue weighted by molar-refractivity contribution is 5.69. The van der Waals surface area contributed by atoms with Gasteiger partial charge in [0.05, 0.1) is 5.92 Å². The fraction of sp³-hybridized carbons (Fsp3) is 0.133. The Morgan fingerprint density at radius 1 is 1.00 bits per heavy atom. The second-order valence-corrected chi connectivity index (χ2v) is 3.93. The Morgan fingerprint density at radius 3 is 2.29 bits per heavy atom. The summed E-state index contributed by atoms with van der Waals surface area (Å²) in [5.74, 6) is -0.226. The second-order valence-electron chi connectivity index (χ2n) is 3.93. The third-order valence-electron chi connectivity index (χ3n) is 2.90. The molecule has 0 saturated carbocycles. The Kier molecular flexibility index (Phi) is 3.68. The number of aldehydes is 1. The van der Waals surface area contributed by atoms with Crippen LogP contribution >= 0.6 is 0 Å². The van der Waals surface area contributed by atoms with E-state index in [1.54, 1.807) is 0 Å². The molecule has 0 saturated heterocycles. The summed E-state index contributed by atoms with van der Waals surface area (Å²) in [5.41, 5.74) is 8.73. The maximum absolute atomic E-state index is 11.3. The largest absolute Gasteiger partial charge is 0.326 e. The summed E-state index contributed by atoms with van der Waals surface area (Å²) in [6.07, 6.45) is 0.976. The number of carbonyl (C=O) groups excluding carboxylic acids is 1. The van der Waals surface area contributed by atoms with Gasteiger partial charge in [0.25, 0.3) is 0 Å². The van der Waals surface area contributed by atoms with Crippen molar-refractivity contribution in [1.29, 1.82) is 0 Å². The molecule has 1 unspecified atom stereocenters. The van der Waals surface area contributed by atoms with E-state index in [2.05, 4.69) is 0 Å². The second kappa shape index (κ2) is 5.41. The van der Waals surface area contributed by atoms with Crippen molar-refractivity contribution in [2.24, 2.45) is 5.73 Å². The first-order chi connectivity index (χ1) is 8.36. The van der Waals surface area contributed by atoms with Crippen molar-refractivity contribution in [2.45, 2.75) is 12.5 Å². The molecule has 0 aromatic heterocycles. The summed E-state index contributed by atoms with van der Waals surface area (Å²) < 4.78 is 0. The van der Waals surface area contributed by atoms with Gasteiger partial charge in [0.2, 0.25) is 0 Å². The summed E-state index contributed by atoms with van der Waals surface area (Å²) in [7, 11) is 0. The summed E-state index contributed by atoms with van der Waals surface area (Å²) in [6, 6.07) is 17.6. The monoisotopic (exact) mass is 225 g/mol. The molecule has 0 aliphatic carbocycles. The molecule has 2 rings (SSSR count). The molecule has 0 bridgehead atoms. The first-order valence-electron chi connectivity index (χ1n) is 5.65. The van der Waals surface area contributed by atoms with E-state index in [0.717, 1.165) is 23.0 Å². The molecule has 0 amide bonds. The lowest BCUT2D eigenvalue weighted by molar-refractivity contribution is -0.108. The first-order valence-corrected chi connectivity index (χ1v) is 5.65. The van der Waals surface area contributed by atoms with Crippen molar-refractivity contribution in [3.8, 4) is 0 Å². The van der Waals surface area contributed by atoms with Crippen molar-refractivity contribution in [3.63, 3.8) is 0 Å². The van der Waals surface area contributed by atoms with Crippen LogP contribution < -0.4 is 5.73 Å². The van der Waals surface area contributed by atoms with Gasteiger partial charge in [0, 0.05) is 6.54 Å². The molecular formula is C15H15NO. The van der Waals surface area contributed by atoms with E-state index in [4.69, 9.17) is 5.73 Å². The fourth-order valence-corrected chi connectivity index (χ4v) is 2.02. The van der Waals surface area contributed by atoms with E-state index in [1.165, 1.54) is 0 Å². The Bertz CT molecular complexity index is 493. The molecule has 2 aromatic rings. The molecule has 0 radical (unpaired) electrons. The molecule has 0 heterocycles. The average Bonchev–Trinajstić information content (AvgIpc) is 2.41. The number of nitrogens with two attached hydrogens (primary N) is 1. The van der Waals surface area contributed by atoms with Crippen LogP contribution in [-0.4, -0.2) is 6.29 Å². The molecule has 17 heavy (non-hydrogen) atoms. The number of rotatable bonds is 4. The Hall–Kier alpha value is -1.93. The van der Waals surface area contributed by atoms with Crippen LogP contribution in [0.3, 0.4) is 0 Å². The predicted molar refractivity (Wildman–Crippen MR) is 68.7 cm³/mol. The van der Waals surface area contributed by atoms with Crippen LogP contribution in [0.2, 0.25) is 0 Å². The van der Waals surface area contributed by atoms with Gasteiger partial charge in [-0.2, -0.15) is 0 Å². The zero-order chi connectivity index (χ0) is 12.1. The van der Waals surface area contributed by atoms with Crippen LogP contribution in [0.1, 0.15) is 22.6 Å². The van der Waals surface area contributed by atoms with E-state index in [9.17, 15) is 4.79 Å². The molecule has 86 valence electrons. The van der Waals surface area contributed by atoms with E-state index >= 15 is 0 Å². The molecule has 0 aliphatic rings. The fourth-order valence-electron chi connectivity index (χ4n) is 2.02. The number of benzene rings is 2. The molecule has 2 heteroatoms. The minimum atomic E-state index is -0.226. The minimum absolute atomic E-state index is 0.226. The quantitative estimate of drug-likeness (QED) is 0.812. The van der Waals surface area contributed by atoms with Gasteiger partial charge in [0.15, 0.2) is 0 Å². The molecular weight excluding hydrogens is 210 g/mol. The van der Waals surface area contributed by atoms with Gasteiger partial charge in [-0.3, -0.25) is 0 Å². The predicted octanol–water partition coefficient (Wildman–Crippen LogP) is 2.48. The van der Waals surface area contributed by atoms with Crippen LogP contribution in [0, 0.1) is 0 Å². The number of carbonyl (C=O) groups is 1. The lowest BCUT2D eigenvalue weighted by atomic mass is 9.89. The molecule has 2 nitrogen and oxygen atoms in total. The van der Waals surface area contributed by atoms with E-state index in [0.29, 0.717) is 6.54 Å². The molecule has 0 aliphatic heterocycles. The summed E-state index contributed by atoms with van der Waals surface area (Å²) in [6.45, 7) is 0.452. The van der Waals surface area contributed by atoms with Crippen LogP contribution in [0.5, 0.6) is 0 Å². The summed E-state index contributed by atoms with van der Waals surface area (Å²) >= 11 is 0. The highest BCUT2D eigenvalue weighted by atomic mass is 16.1. The third-order valence-corrected chi connectivity index (χ3v) is 2.90. The molecule has 2 N–H and O–H groups in total. The van der Waals surface area contributed by atoms with Crippen LogP contribution in [-0.2, 0) is 11.3 Å². The van der Waals surface area contributed by atoms with Crippen LogP contribution in [0.4, 0.5) is 0 Å². The van der Waals surface area contributed by atoms with Gasteiger partial charge in [-0.05, 0) is 16.7 Å². The zero-order valence-corrected chi connectivity index (χ0v) is 9.54. The summed E-state index contributed by atoms with van der Waals surface area (Å²) in [4.78, 5) is 11.3. The van der Waals surface area contributed by atoms with Crippen molar-refractivity contribution >= 4 is 6.29 Å². The van der Waals surface area contributed by atoms with Gasteiger partial charge >= 0.3 is 0 Å². The highest BCUT2D eigenvalue weighted by Crippen LogP contribution is 2.25. The smallest absolute Gasteiger partial charge is 0.131 e. The summed E-state index contributed by atoms with van der Waals surface area (Å²) in [5, 5.41) is 0. The lowest BCUT2D eigenvalue weighted by Gasteiger charge is -2.14. The van der Waals surface area contributed by atoms with Crippen molar-refractivity contribution in [1.82, 2.24) is 0 Å². The van der Waals surface area contributed by atoms with Crippen molar-refractivity contribution in [2.75, 3.05) is 0 Å². The zero-order valence-electron chi connectivity index (χ0n) is 9.54. The van der Waals surface area contributed by atoms with E-state index in [1.807, 2.05) is 54.6 Å². The van der Waals surface area contributed by atoms with E-state index < -0.39 is 0 Å². The third kappa shape index (κ3) is 2.43. The Labute approximate surface area is 101 Å². The lowest BCUT2D eigenvalue weighted by Crippen LogP contribution is -2.08.